The molecule has 100 valence electrons. The van der Waals surface area contributed by atoms with E-state index in [0.29, 0.717) is 16.3 Å². The van der Waals surface area contributed by atoms with E-state index in [4.69, 9.17) is 16.3 Å². The molecule has 1 N–H and O–H groups in total. The number of hydrogen-bond acceptors (Lipinski definition) is 2. The number of methoxy groups -OCH3 is 1. The van der Waals surface area contributed by atoms with Crippen LogP contribution in [0.2, 0.25) is 5.02 Å². The zero-order chi connectivity index (χ0) is 14.0. The third kappa shape index (κ3) is 3.31. The molecule has 0 spiro atoms. The van der Waals surface area contributed by atoms with E-state index in [1.54, 1.807) is 25.3 Å². The Balaban J connectivity index is 2.38. The molecule has 0 radical (unpaired) electrons. The minimum absolute atomic E-state index is 0.479. The van der Waals surface area contributed by atoms with E-state index in [1.165, 1.54) is 0 Å². The van der Waals surface area contributed by atoms with Crippen LogP contribution in [0.3, 0.4) is 0 Å². The molecule has 1 unspecified atom stereocenters. The molecule has 0 fully saturated rings. The van der Waals surface area contributed by atoms with Gasteiger partial charge in [0.1, 0.15) is 11.9 Å². The first-order chi connectivity index (χ1) is 9.02. The number of ether oxygens (including phenoxy) is 1. The summed E-state index contributed by atoms with van der Waals surface area (Å²) >= 11 is 12.9. The lowest BCUT2D eigenvalue weighted by atomic mass is 10.0. The van der Waals surface area contributed by atoms with Crippen LogP contribution in [0.5, 0.6) is 5.75 Å². The summed E-state index contributed by atoms with van der Waals surface area (Å²) in [5.74, 6) is 0.590. The summed E-state index contributed by atoms with van der Waals surface area (Å²) in [6, 6.07) is 10.9. The quantitative estimate of drug-likeness (QED) is 0.781. The fourth-order valence-electron chi connectivity index (χ4n) is 1.76. The van der Waals surface area contributed by atoms with Crippen LogP contribution < -0.4 is 4.74 Å². The lowest BCUT2D eigenvalue weighted by Gasteiger charge is -2.15. The van der Waals surface area contributed by atoms with Crippen molar-refractivity contribution >= 4 is 43.5 Å². The molecule has 2 rings (SSSR count). The van der Waals surface area contributed by atoms with Crippen molar-refractivity contribution in [3.63, 3.8) is 0 Å². The van der Waals surface area contributed by atoms with E-state index in [2.05, 4.69) is 31.9 Å². The number of halogens is 3. The van der Waals surface area contributed by atoms with Gasteiger partial charge in [0.25, 0.3) is 0 Å². The van der Waals surface area contributed by atoms with E-state index in [0.717, 1.165) is 14.5 Å². The lowest BCUT2D eigenvalue weighted by Crippen LogP contribution is -2.01. The first kappa shape index (κ1) is 14.9. The molecule has 0 saturated heterocycles. The van der Waals surface area contributed by atoms with Gasteiger partial charge in [-0.05, 0) is 35.4 Å². The Kier molecular flexibility index (Phi) is 4.90. The highest BCUT2D eigenvalue weighted by Crippen LogP contribution is 2.34. The van der Waals surface area contributed by atoms with E-state index >= 15 is 0 Å². The second-order valence-corrected chi connectivity index (χ2v) is 6.14. The van der Waals surface area contributed by atoms with Crippen LogP contribution in [-0.4, -0.2) is 12.2 Å². The number of benzene rings is 2. The molecule has 0 aliphatic rings. The maximum Gasteiger partial charge on any atom is 0.137 e. The molecule has 0 heterocycles. The molecule has 1 atom stereocenters. The molecule has 0 aliphatic heterocycles. The second kappa shape index (κ2) is 6.27. The standard InChI is InChI=1S/C14H11Br2ClO2/c1-19-13-5-2-8(6-12(13)17)14(18)10-4-3-9(15)7-11(10)16/h2-7,14,18H,1H3. The maximum atomic E-state index is 10.4. The van der Waals surface area contributed by atoms with Crippen LogP contribution in [-0.2, 0) is 0 Å². The summed E-state index contributed by atoms with van der Waals surface area (Å²) in [6.07, 6.45) is -0.745. The van der Waals surface area contributed by atoms with Crippen LogP contribution in [0.1, 0.15) is 17.2 Å². The highest BCUT2D eigenvalue weighted by Gasteiger charge is 2.15. The first-order valence-electron chi connectivity index (χ1n) is 5.49. The number of rotatable bonds is 3. The van der Waals surface area contributed by atoms with Gasteiger partial charge in [-0.15, -0.1) is 0 Å². The molecule has 2 nitrogen and oxygen atoms in total. The number of hydrogen-bond donors (Lipinski definition) is 1. The Morgan fingerprint density at radius 2 is 1.89 bits per heavy atom. The van der Waals surface area contributed by atoms with Crippen molar-refractivity contribution in [2.75, 3.05) is 7.11 Å². The number of aliphatic hydroxyl groups is 1. The van der Waals surface area contributed by atoms with Crippen molar-refractivity contribution in [2.45, 2.75) is 6.10 Å². The highest BCUT2D eigenvalue weighted by atomic mass is 79.9. The van der Waals surface area contributed by atoms with Gasteiger partial charge in [0.15, 0.2) is 0 Å². The summed E-state index contributed by atoms with van der Waals surface area (Å²) in [5, 5.41) is 10.9. The predicted octanol–water partition coefficient (Wildman–Crippen LogP) is 4.96. The molecule has 2 aromatic carbocycles. The molecule has 0 aliphatic carbocycles. The van der Waals surface area contributed by atoms with Gasteiger partial charge < -0.3 is 9.84 Å². The largest absolute Gasteiger partial charge is 0.495 e. The second-order valence-electron chi connectivity index (χ2n) is 3.96. The van der Waals surface area contributed by atoms with Gasteiger partial charge in [0, 0.05) is 8.95 Å². The van der Waals surface area contributed by atoms with Crippen molar-refractivity contribution in [1.29, 1.82) is 0 Å². The van der Waals surface area contributed by atoms with Crippen molar-refractivity contribution in [1.82, 2.24) is 0 Å². The van der Waals surface area contributed by atoms with Crippen molar-refractivity contribution < 1.29 is 9.84 Å². The van der Waals surface area contributed by atoms with E-state index in [1.807, 2.05) is 18.2 Å². The third-order valence-corrected chi connectivity index (χ3v) is 4.22. The van der Waals surface area contributed by atoms with Crippen molar-refractivity contribution in [2.24, 2.45) is 0 Å². The summed E-state index contributed by atoms with van der Waals surface area (Å²) < 4.78 is 6.88. The van der Waals surface area contributed by atoms with Gasteiger partial charge in [-0.25, -0.2) is 0 Å². The van der Waals surface area contributed by atoms with Crippen molar-refractivity contribution in [3.05, 3.63) is 61.5 Å². The van der Waals surface area contributed by atoms with Gasteiger partial charge in [-0.1, -0.05) is 55.6 Å². The van der Waals surface area contributed by atoms with Crippen LogP contribution in [0.25, 0.3) is 0 Å². The van der Waals surface area contributed by atoms with Crippen LogP contribution in [0.15, 0.2) is 45.3 Å². The molecule has 0 saturated carbocycles. The van der Waals surface area contributed by atoms with Crippen LogP contribution in [0, 0.1) is 0 Å². The Hall–Kier alpha value is -0.550. The Morgan fingerprint density at radius 1 is 1.16 bits per heavy atom. The summed E-state index contributed by atoms with van der Waals surface area (Å²) in [5.41, 5.74) is 1.50. The molecule has 0 bridgehead atoms. The minimum atomic E-state index is -0.745. The molecule has 5 heteroatoms. The van der Waals surface area contributed by atoms with Crippen molar-refractivity contribution in [3.8, 4) is 5.75 Å². The smallest absolute Gasteiger partial charge is 0.137 e. The lowest BCUT2D eigenvalue weighted by molar-refractivity contribution is 0.219. The Bertz CT molecular complexity index is 602. The summed E-state index contributed by atoms with van der Waals surface area (Å²) in [7, 11) is 1.56. The zero-order valence-electron chi connectivity index (χ0n) is 10.0. The van der Waals surface area contributed by atoms with E-state index < -0.39 is 6.10 Å². The molecule has 0 aromatic heterocycles. The fourth-order valence-corrected chi connectivity index (χ4v) is 3.29. The molecular weight excluding hydrogens is 395 g/mol. The van der Waals surface area contributed by atoms with Gasteiger partial charge in [0.05, 0.1) is 12.1 Å². The molecule has 19 heavy (non-hydrogen) atoms. The van der Waals surface area contributed by atoms with E-state index in [9.17, 15) is 5.11 Å². The predicted molar refractivity (Wildman–Crippen MR) is 83.9 cm³/mol. The SMILES string of the molecule is COc1ccc(C(O)c2ccc(Br)cc2Br)cc1Cl. The Morgan fingerprint density at radius 3 is 2.47 bits per heavy atom. The average molecular weight is 407 g/mol. The zero-order valence-corrected chi connectivity index (χ0v) is 14.0. The third-order valence-electron chi connectivity index (χ3n) is 2.75. The fraction of sp³-hybridized carbons (Fsp3) is 0.143. The molecule has 2 aromatic rings. The minimum Gasteiger partial charge on any atom is -0.495 e. The summed E-state index contributed by atoms with van der Waals surface area (Å²) in [4.78, 5) is 0. The van der Waals surface area contributed by atoms with Gasteiger partial charge in [0.2, 0.25) is 0 Å². The molecular formula is C14H11Br2ClO2. The maximum absolute atomic E-state index is 10.4. The Labute approximate surface area is 133 Å². The van der Waals surface area contributed by atoms with Crippen LogP contribution in [0.4, 0.5) is 0 Å². The molecule has 0 amide bonds. The first-order valence-corrected chi connectivity index (χ1v) is 7.45. The highest BCUT2D eigenvalue weighted by molar-refractivity contribution is 9.11. The topological polar surface area (TPSA) is 29.5 Å². The number of aliphatic hydroxyl groups excluding tert-OH is 1. The van der Waals surface area contributed by atoms with Crippen LogP contribution >= 0.6 is 43.5 Å². The normalized spacial score (nSPS) is 12.3. The van der Waals surface area contributed by atoms with Gasteiger partial charge in [-0.3, -0.25) is 0 Å². The van der Waals surface area contributed by atoms with Gasteiger partial charge >= 0.3 is 0 Å². The average Bonchev–Trinajstić information content (AvgIpc) is 2.38. The summed E-state index contributed by atoms with van der Waals surface area (Å²) in [6.45, 7) is 0. The van der Waals surface area contributed by atoms with E-state index in [-0.39, 0.29) is 0 Å². The monoisotopic (exact) mass is 404 g/mol. The van der Waals surface area contributed by atoms with Gasteiger partial charge in [-0.2, -0.15) is 0 Å².